The van der Waals surface area contributed by atoms with Crippen molar-refractivity contribution >= 4 is 28.4 Å². The Bertz CT molecular complexity index is 647. The van der Waals surface area contributed by atoms with Gasteiger partial charge in [0.1, 0.15) is 0 Å². The summed E-state index contributed by atoms with van der Waals surface area (Å²) in [7, 11) is 0. The maximum Gasteiger partial charge on any atom is 0.0726 e. The fourth-order valence-corrected chi connectivity index (χ4v) is 4.58. The van der Waals surface area contributed by atoms with E-state index in [1.54, 1.807) is 5.56 Å². The van der Waals surface area contributed by atoms with Crippen molar-refractivity contribution in [3.8, 4) is 0 Å². The van der Waals surface area contributed by atoms with Crippen molar-refractivity contribution in [1.82, 2.24) is 4.98 Å². The van der Waals surface area contributed by atoms with Gasteiger partial charge in [0.05, 0.1) is 11.2 Å². The summed E-state index contributed by atoms with van der Waals surface area (Å²) in [4.78, 5) is 7.63. The van der Waals surface area contributed by atoms with E-state index in [4.69, 9.17) is 4.98 Å². The minimum absolute atomic E-state index is 1.16. The van der Waals surface area contributed by atoms with Crippen LogP contribution < -0.4 is 4.90 Å². The smallest absolute Gasteiger partial charge is 0.0726 e. The molecule has 0 radical (unpaired) electrons. The standard InChI is InChI=1S/C18H22N2S/c1-2-6-14-16(8-3-1)19-17-9-5-4-7-15(17)18(14)20-10-12-21-13-11-20/h4-5,7,9H,1-3,6,8,10-13H2. The van der Waals surface area contributed by atoms with Gasteiger partial charge in [-0.15, -0.1) is 0 Å². The van der Waals surface area contributed by atoms with Crippen LogP contribution in [0.15, 0.2) is 24.3 Å². The van der Waals surface area contributed by atoms with Crippen LogP contribution >= 0.6 is 11.8 Å². The number of para-hydroxylation sites is 1. The average molecular weight is 298 g/mol. The molecular weight excluding hydrogens is 276 g/mol. The van der Waals surface area contributed by atoms with Crippen LogP contribution in [0.1, 0.15) is 30.5 Å². The number of aryl methyl sites for hydroxylation is 1. The quantitative estimate of drug-likeness (QED) is 0.739. The van der Waals surface area contributed by atoms with E-state index in [9.17, 15) is 0 Å². The van der Waals surface area contributed by atoms with Gasteiger partial charge in [-0.25, -0.2) is 0 Å². The van der Waals surface area contributed by atoms with Crippen molar-refractivity contribution in [2.75, 3.05) is 29.5 Å². The van der Waals surface area contributed by atoms with Crippen LogP contribution in [0, 0.1) is 0 Å². The zero-order valence-electron chi connectivity index (χ0n) is 12.5. The van der Waals surface area contributed by atoms with E-state index in [1.165, 1.54) is 72.6 Å². The van der Waals surface area contributed by atoms with Gasteiger partial charge in [0, 0.05) is 35.7 Å². The highest BCUT2D eigenvalue weighted by molar-refractivity contribution is 7.99. The van der Waals surface area contributed by atoms with Crippen molar-refractivity contribution in [1.29, 1.82) is 0 Å². The molecule has 0 amide bonds. The Morgan fingerprint density at radius 3 is 2.67 bits per heavy atom. The minimum atomic E-state index is 1.16. The molecule has 0 bridgehead atoms. The van der Waals surface area contributed by atoms with Gasteiger partial charge in [0.15, 0.2) is 0 Å². The lowest BCUT2D eigenvalue weighted by atomic mass is 10.0. The van der Waals surface area contributed by atoms with E-state index >= 15 is 0 Å². The molecule has 1 saturated heterocycles. The van der Waals surface area contributed by atoms with Crippen molar-refractivity contribution in [2.24, 2.45) is 0 Å². The summed E-state index contributed by atoms with van der Waals surface area (Å²) in [6.45, 7) is 2.37. The molecule has 0 unspecified atom stereocenters. The molecule has 3 heteroatoms. The normalized spacial score (nSPS) is 19.3. The number of nitrogens with zero attached hydrogens (tertiary/aromatic N) is 2. The van der Waals surface area contributed by atoms with Gasteiger partial charge in [0.2, 0.25) is 0 Å². The lowest BCUT2D eigenvalue weighted by Crippen LogP contribution is -2.33. The van der Waals surface area contributed by atoms with Crippen molar-refractivity contribution in [2.45, 2.75) is 32.1 Å². The number of hydrogen-bond acceptors (Lipinski definition) is 3. The Kier molecular flexibility index (Phi) is 3.76. The molecule has 1 aliphatic heterocycles. The first-order valence-corrected chi connectivity index (χ1v) is 9.32. The second kappa shape index (κ2) is 5.88. The van der Waals surface area contributed by atoms with Crippen LogP contribution in [0.3, 0.4) is 0 Å². The average Bonchev–Trinajstić information content (AvgIpc) is 2.78. The van der Waals surface area contributed by atoms with Gasteiger partial charge >= 0.3 is 0 Å². The topological polar surface area (TPSA) is 16.1 Å². The zero-order chi connectivity index (χ0) is 14.1. The first kappa shape index (κ1) is 13.4. The number of aromatic nitrogens is 1. The molecule has 2 nitrogen and oxygen atoms in total. The first-order chi connectivity index (χ1) is 10.4. The molecule has 1 fully saturated rings. The van der Waals surface area contributed by atoms with Crippen molar-refractivity contribution in [3.05, 3.63) is 35.5 Å². The molecule has 0 spiro atoms. The molecule has 0 N–H and O–H groups in total. The summed E-state index contributed by atoms with van der Waals surface area (Å²) in [5.74, 6) is 2.51. The molecule has 1 aromatic carbocycles. The molecular formula is C18H22N2S. The fourth-order valence-electron chi connectivity index (χ4n) is 3.67. The van der Waals surface area contributed by atoms with Gasteiger partial charge < -0.3 is 4.90 Å². The number of hydrogen-bond donors (Lipinski definition) is 0. The third-order valence-corrected chi connectivity index (χ3v) is 5.66. The van der Waals surface area contributed by atoms with E-state index in [1.807, 2.05) is 0 Å². The molecule has 4 rings (SSSR count). The third-order valence-electron chi connectivity index (χ3n) is 4.72. The molecule has 1 aliphatic carbocycles. The van der Waals surface area contributed by atoms with E-state index in [0.717, 1.165) is 6.42 Å². The molecule has 2 aromatic rings. The number of pyridine rings is 1. The highest BCUT2D eigenvalue weighted by atomic mass is 32.2. The summed E-state index contributed by atoms with van der Waals surface area (Å²) in [6, 6.07) is 8.73. The van der Waals surface area contributed by atoms with Gasteiger partial charge in [-0.3, -0.25) is 4.98 Å². The summed E-state index contributed by atoms with van der Waals surface area (Å²) in [5.41, 5.74) is 5.63. The largest absolute Gasteiger partial charge is 0.369 e. The predicted octanol–water partition coefficient (Wildman–Crippen LogP) is 4.06. The summed E-state index contributed by atoms with van der Waals surface area (Å²) in [5, 5.41) is 1.37. The minimum Gasteiger partial charge on any atom is -0.369 e. The Morgan fingerprint density at radius 2 is 1.76 bits per heavy atom. The van der Waals surface area contributed by atoms with Crippen LogP contribution in [0.5, 0.6) is 0 Å². The van der Waals surface area contributed by atoms with Gasteiger partial charge in [0.25, 0.3) is 0 Å². The van der Waals surface area contributed by atoms with Crippen LogP contribution in [0.4, 0.5) is 5.69 Å². The van der Waals surface area contributed by atoms with E-state index < -0.39 is 0 Å². The Hall–Kier alpha value is -1.22. The van der Waals surface area contributed by atoms with E-state index in [-0.39, 0.29) is 0 Å². The number of benzene rings is 1. The van der Waals surface area contributed by atoms with Crippen molar-refractivity contribution < 1.29 is 0 Å². The highest BCUT2D eigenvalue weighted by Crippen LogP contribution is 2.36. The second-order valence-electron chi connectivity index (χ2n) is 6.06. The Morgan fingerprint density at radius 1 is 0.952 bits per heavy atom. The molecule has 2 aliphatic rings. The molecule has 2 heterocycles. The lowest BCUT2D eigenvalue weighted by Gasteiger charge is -2.32. The summed E-state index contributed by atoms with van der Waals surface area (Å²) in [6.07, 6.45) is 6.35. The number of thioether (sulfide) groups is 1. The number of anilines is 1. The van der Waals surface area contributed by atoms with Crippen LogP contribution in [-0.2, 0) is 12.8 Å². The van der Waals surface area contributed by atoms with Gasteiger partial charge in [-0.1, -0.05) is 24.6 Å². The van der Waals surface area contributed by atoms with Gasteiger partial charge in [-0.2, -0.15) is 11.8 Å². The van der Waals surface area contributed by atoms with Crippen LogP contribution in [0.25, 0.3) is 10.9 Å². The molecule has 110 valence electrons. The zero-order valence-corrected chi connectivity index (χ0v) is 13.3. The summed E-state index contributed by atoms with van der Waals surface area (Å²) < 4.78 is 0. The Labute approximate surface area is 130 Å². The molecule has 0 saturated carbocycles. The lowest BCUT2D eigenvalue weighted by molar-refractivity contribution is 0.708. The molecule has 1 aromatic heterocycles. The summed E-state index contributed by atoms with van der Waals surface area (Å²) >= 11 is 2.08. The maximum absolute atomic E-state index is 5.00. The molecule has 21 heavy (non-hydrogen) atoms. The first-order valence-electron chi connectivity index (χ1n) is 8.17. The monoisotopic (exact) mass is 298 g/mol. The van der Waals surface area contributed by atoms with Crippen LogP contribution in [0.2, 0.25) is 0 Å². The fraction of sp³-hybridized carbons (Fsp3) is 0.500. The van der Waals surface area contributed by atoms with E-state index in [2.05, 4.69) is 40.9 Å². The predicted molar refractivity (Wildman–Crippen MR) is 92.5 cm³/mol. The second-order valence-corrected chi connectivity index (χ2v) is 7.29. The molecule has 0 atom stereocenters. The highest BCUT2D eigenvalue weighted by Gasteiger charge is 2.22. The SMILES string of the molecule is c1ccc2c(N3CCSCC3)c3c(nc2c1)CCCCC3. The number of fused-ring (bicyclic) bond motifs is 2. The number of rotatable bonds is 1. The van der Waals surface area contributed by atoms with Crippen molar-refractivity contribution in [3.63, 3.8) is 0 Å². The maximum atomic E-state index is 5.00. The van der Waals surface area contributed by atoms with Crippen LogP contribution in [-0.4, -0.2) is 29.6 Å². The van der Waals surface area contributed by atoms with Gasteiger partial charge in [-0.05, 0) is 37.3 Å². The Balaban J connectivity index is 1.93. The third kappa shape index (κ3) is 2.52. The van der Waals surface area contributed by atoms with E-state index in [0.29, 0.717) is 0 Å².